The van der Waals surface area contributed by atoms with Crippen LogP contribution in [0.2, 0.25) is 0 Å². The third-order valence-electron chi connectivity index (χ3n) is 4.23. The first kappa shape index (κ1) is 15.1. The van der Waals surface area contributed by atoms with Gasteiger partial charge < -0.3 is 20.2 Å². The van der Waals surface area contributed by atoms with E-state index in [-0.39, 0.29) is 5.82 Å². The highest BCUT2D eigenvalue weighted by atomic mass is 16.6. The van der Waals surface area contributed by atoms with Gasteiger partial charge in [-0.15, -0.1) is 0 Å². The molecule has 0 radical (unpaired) electrons. The van der Waals surface area contributed by atoms with Crippen molar-refractivity contribution in [2.24, 2.45) is 0 Å². The quantitative estimate of drug-likeness (QED) is 0.750. The fraction of sp³-hybridized carbons (Fsp3) is 0.158. The van der Waals surface area contributed by atoms with Crippen molar-refractivity contribution < 1.29 is 9.47 Å². The molecule has 3 heterocycles. The van der Waals surface area contributed by atoms with Crippen LogP contribution in [0.4, 0.5) is 5.82 Å². The number of nitrogens with one attached hydrogen (secondary N) is 1. The summed E-state index contributed by atoms with van der Waals surface area (Å²) in [7, 11) is 0. The van der Waals surface area contributed by atoms with Crippen molar-refractivity contribution in [1.29, 1.82) is 5.26 Å². The molecule has 2 aromatic heterocycles. The normalized spacial score (nSPS) is 12.6. The topological polar surface area (TPSA) is 97.0 Å². The smallest absolute Gasteiger partial charge is 0.161 e. The van der Waals surface area contributed by atoms with E-state index in [1.165, 1.54) is 0 Å². The van der Waals surface area contributed by atoms with E-state index >= 15 is 0 Å². The number of H-pyrrole nitrogens is 1. The molecule has 25 heavy (non-hydrogen) atoms. The fourth-order valence-electron chi connectivity index (χ4n) is 3.01. The summed E-state index contributed by atoms with van der Waals surface area (Å²) in [5.41, 5.74) is 10.6. The second-order valence-electron chi connectivity index (χ2n) is 5.84. The first-order chi connectivity index (χ1) is 12.2. The number of nitrogens with zero attached hydrogens (tertiary/aromatic N) is 2. The Morgan fingerprint density at radius 1 is 1.16 bits per heavy atom. The number of fused-ring (bicyclic) bond motifs is 1. The van der Waals surface area contributed by atoms with Crippen molar-refractivity contribution in [3.8, 4) is 40.0 Å². The van der Waals surface area contributed by atoms with Gasteiger partial charge in [-0.1, -0.05) is 0 Å². The SMILES string of the molecule is Cc1cc2c(cc1-c1cc(-c3cc[nH]c3)nc(N)c1C#N)OCCO2. The lowest BCUT2D eigenvalue weighted by Crippen LogP contribution is -2.15. The number of aromatic nitrogens is 2. The zero-order valence-corrected chi connectivity index (χ0v) is 13.7. The van der Waals surface area contributed by atoms with Gasteiger partial charge in [-0.3, -0.25) is 0 Å². The van der Waals surface area contributed by atoms with Crippen LogP contribution < -0.4 is 15.2 Å². The Kier molecular flexibility index (Phi) is 3.55. The number of pyridine rings is 1. The Balaban J connectivity index is 1.94. The summed E-state index contributed by atoms with van der Waals surface area (Å²) in [6.07, 6.45) is 3.66. The van der Waals surface area contributed by atoms with Gasteiger partial charge >= 0.3 is 0 Å². The van der Waals surface area contributed by atoms with Crippen LogP contribution in [0.3, 0.4) is 0 Å². The van der Waals surface area contributed by atoms with Crippen LogP contribution in [0, 0.1) is 18.3 Å². The fourth-order valence-corrected chi connectivity index (χ4v) is 3.01. The largest absolute Gasteiger partial charge is 0.486 e. The molecule has 3 N–H and O–H groups in total. The third-order valence-corrected chi connectivity index (χ3v) is 4.23. The first-order valence-corrected chi connectivity index (χ1v) is 7.92. The number of hydrogen-bond donors (Lipinski definition) is 2. The molecule has 6 heteroatoms. The van der Waals surface area contributed by atoms with Crippen molar-refractivity contribution in [3.63, 3.8) is 0 Å². The Morgan fingerprint density at radius 3 is 2.60 bits per heavy atom. The number of aromatic amines is 1. The molecule has 0 spiro atoms. The van der Waals surface area contributed by atoms with Gasteiger partial charge in [0, 0.05) is 23.5 Å². The van der Waals surface area contributed by atoms with Crippen LogP contribution in [-0.2, 0) is 0 Å². The summed E-state index contributed by atoms with van der Waals surface area (Å²) in [6, 6.07) is 9.80. The van der Waals surface area contributed by atoms with E-state index in [1.807, 2.05) is 43.6 Å². The molecule has 3 aromatic rings. The van der Waals surface area contributed by atoms with Gasteiger partial charge in [-0.25, -0.2) is 4.98 Å². The molecule has 1 aliphatic rings. The van der Waals surface area contributed by atoms with Gasteiger partial charge in [0.25, 0.3) is 0 Å². The summed E-state index contributed by atoms with van der Waals surface area (Å²) < 4.78 is 11.3. The second kappa shape index (κ2) is 5.87. The van der Waals surface area contributed by atoms with Crippen molar-refractivity contribution in [1.82, 2.24) is 9.97 Å². The maximum Gasteiger partial charge on any atom is 0.161 e. The standard InChI is InChI=1S/C19H16N4O2/c1-11-6-17-18(25-5-4-24-17)8-13(11)14-7-16(12-2-3-22-10-12)23-19(21)15(14)9-20/h2-3,6-8,10,22H,4-5H2,1H3,(H2,21,23). The second-order valence-corrected chi connectivity index (χ2v) is 5.84. The number of nitrogens with two attached hydrogens (primary N) is 1. The monoisotopic (exact) mass is 332 g/mol. The van der Waals surface area contributed by atoms with Crippen LogP contribution in [0.15, 0.2) is 36.7 Å². The van der Waals surface area contributed by atoms with E-state index in [9.17, 15) is 5.26 Å². The van der Waals surface area contributed by atoms with Crippen molar-refractivity contribution in [2.45, 2.75) is 6.92 Å². The predicted molar refractivity (Wildman–Crippen MR) is 94.3 cm³/mol. The van der Waals surface area contributed by atoms with Crippen LogP contribution in [0.5, 0.6) is 11.5 Å². The van der Waals surface area contributed by atoms with Crippen LogP contribution >= 0.6 is 0 Å². The van der Waals surface area contributed by atoms with Gasteiger partial charge in [-0.2, -0.15) is 5.26 Å². The molecule has 1 aliphatic heterocycles. The number of rotatable bonds is 2. The highest BCUT2D eigenvalue weighted by molar-refractivity contribution is 5.82. The van der Waals surface area contributed by atoms with E-state index in [1.54, 1.807) is 0 Å². The molecule has 0 saturated heterocycles. The molecule has 0 bridgehead atoms. The Labute approximate surface area is 144 Å². The average molecular weight is 332 g/mol. The maximum absolute atomic E-state index is 9.58. The molecule has 124 valence electrons. The van der Waals surface area contributed by atoms with Gasteiger partial charge in [0.2, 0.25) is 0 Å². The summed E-state index contributed by atoms with van der Waals surface area (Å²) in [5, 5.41) is 9.58. The average Bonchev–Trinajstić information content (AvgIpc) is 3.15. The lowest BCUT2D eigenvalue weighted by Gasteiger charge is -2.21. The highest BCUT2D eigenvalue weighted by Gasteiger charge is 2.19. The number of nitriles is 1. The minimum absolute atomic E-state index is 0.213. The van der Waals surface area contributed by atoms with Gasteiger partial charge in [-0.05, 0) is 42.3 Å². The molecule has 0 atom stereocenters. The highest BCUT2D eigenvalue weighted by Crippen LogP contribution is 2.40. The van der Waals surface area contributed by atoms with Gasteiger partial charge in [0.05, 0.1) is 5.69 Å². The molecular weight excluding hydrogens is 316 g/mol. The Hall–Kier alpha value is -3.46. The van der Waals surface area contributed by atoms with E-state index in [2.05, 4.69) is 16.0 Å². The summed E-state index contributed by atoms with van der Waals surface area (Å²) in [6.45, 7) is 3.02. The van der Waals surface area contributed by atoms with Crippen molar-refractivity contribution >= 4 is 5.82 Å². The van der Waals surface area contributed by atoms with Crippen molar-refractivity contribution in [2.75, 3.05) is 18.9 Å². The number of aryl methyl sites for hydroxylation is 1. The molecular formula is C19H16N4O2. The van der Waals surface area contributed by atoms with Crippen LogP contribution in [-0.4, -0.2) is 23.2 Å². The minimum atomic E-state index is 0.213. The number of hydrogen-bond acceptors (Lipinski definition) is 5. The van der Waals surface area contributed by atoms with Crippen LogP contribution in [0.25, 0.3) is 22.4 Å². The number of nitrogen functional groups attached to an aromatic ring is 1. The molecule has 6 nitrogen and oxygen atoms in total. The lowest BCUT2D eigenvalue weighted by atomic mass is 9.95. The molecule has 0 unspecified atom stereocenters. The van der Waals surface area contributed by atoms with E-state index in [0.717, 1.165) is 28.0 Å². The van der Waals surface area contributed by atoms with E-state index < -0.39 is 0 Å². The summed E-state index contributed by atoms with van der Waals surface area (Å²) in [5.74, 6) is 1.61. The lowest BCUT2D eigenvalue weighted by molar-refractivity contribution is 0.171. The Bertz CT molecular complexity index is 988. The summed E-state index contributed by atoms with van der Waals surface area (Å²) >= 11 is 0. The molecule has 0 amide bonds. The first-order valence-electron chi connectivity index (χ1n) is 7.92. The van der Waals surface area contributed by atoms with E-state index in [4.69, 9.17) is 15.2 Å². The number of benzene rings is 1. The van der Waals surface area contributed by atoms with Gasteiger partial charge in [0.1, 0.15) is 30.7 Å². The molecule has 0 aliphatic carbocycles. The van der Waals surface area contributed by atoms with Crippen LogP contribution in [0.1, 0.15) is 11.1 Å². The molecule has 0 saturated carbocycles. The van der Waals surface area contributed by atoms with Gasteiger partial charge in [0.15, 0.2) is 11.5 Å². The molecule has 0 fully saturated rings. The Morgan fingerprint density at radius 2 is 1.92 bits per heavy atom. The number of anilines is 1. The third kappa shape index (κ3) is 2.56. The zero-order chi connectivity index (χ0) is 17.4. The summed E-state index contributed by atoms with van der Waals surface area (Å²) in [4.78, 5) is 7.37. The zero-order valence-electron chi connectivity index (χ0n) is 13.7. The van der Waals surface area contributed by atoms with E-state index in [0.29, 0.717) is 30.2 Å². The number of ether oxygens (including phenoxy) is 2. The molecule has 1 aromatic carbocycles. The molecule has 4 rings (SSSR count). The minimum Gasteiger partial charge on any atom is -0.486 e. The maximum atomic E-state index is 9.58. The van der Waals surface area contributed by atoms with Crippen molar-refractivity contribution in [3.05, 3.63) is 47.8 Å². The predicted octanol–water partition coefficient (Wildman–Crippen LogP) is 3.28.